The number of nitrogens with one attached hydrogen (secondary N) is 1. The van der Waals surface area contributed by atoms with Gasteiger partial charge in [0.1, 0.15) is 17.3 Å². The fourth-order valence-corrected chi connectivity index (χ4v) is 3.51. The number of carbonyl (C=O) groups is 2. The van der Waals surface area contributed by atoms with Crippen molar-refractivity contribution >= 4 is 11.8 Å². The van der Waals surface area contributed by atoms with E-state index in [1.807, 2.05) is 30.3 Å². The molecule has 3 rings (SSSR count). The van der Waals surface area contributed by atoms with Crippen LogP contribution in [0.4, 0.5) is 8.78 Å². The van der Waals surface area contributed by atoms with Gasteiger partial charge in [-0.2, -0.15) is 0 Å². The summed E-state index contributed by atoms with van der Waals surface area (Å²) in [5.74, 6) is -2.28. The van der Waals surface area contributed by atoms with Crippen molar-refractivity contribution in [3.05, 3.63) is 95.3 Å². The summed E-state index contributed by atoms with van der Waals surface area (Å²) in [5.41, 5.74) is 1.51. The molecule has 2 aromatic carbocycles. The number of aryl methyl sites for hydroxylation is 1. The average Bonchev–Trinajstić information content (AvgIpc) is 3.18. The lowest BCUT2D eigenvalue weighted by Gasteiger charge is -2.29. The molecule has 0 saturated carbocycles. The maximum absolute atomic E-state index is 13.6. The third-order valence-corrected chi connectivity index (χ3v) is 5.23. The number of aromatic nitrogens is 1. The summed E-state index contributed by atoms with van der Waals surface area (Å²) in [4.78, 5) is 26.8. The smallest absolute Gasteiger partial charge is 0.267 e. The van der Waals surface area contributed by atoms with Crippen molar-refractivity contribution in [2.45, 2.75) is 18.9 Å². The fourth-order valence-electron chi connectivity index (χ4n) is 3.51. The quantitative estimate of drug-likeness (QED) is 0.597. The molecular weight excluding hydrogens is 400 g/mol. The van der Waals surface area contributed by atoms with E-state index in [2.05, 4.69) is 5.32 Å². The Labute approximate surface area is 180 Å². The number of benzene rings is 2. The molecule has 0 aliphatic heterocycles. The van der Waals surface area contributed by atoms with Crippen LogP contribution in [0.2, 0.25) is 0 Å². The maximum Gasteiger partial charge on any atom is 0.267 e. The topological polar surface area (TPSA) is 54.3 Å². The molecule has 0 aliphatic rings. The summed E-state index contributed by atoms with van der Waals surface area (Å²) in [6.07, 6.45) is 2.81. The van der Waals surface area contributed by atoms with Crippen LogP contribution in [-0.4, -0.2) is 40.9 Å². The van der Waals surface area contributed by atoms with Gasteiger partial charge in [-0.15, -0.1) is 0 Å². The van der Waals surface area contributed by atoms with Gasteiger partial charge in [-0.05, 0) is 42.7 Å². The first-order valence-corrected chi connectivity index (χ1v) is 10.0. The van der Waals surface area contributed by atoms with Crippen LogP contribution in [0.3, 0.4) is 0 Å². The number of nitrogens with zero attached hydrogens (tertiary/aromatic N) is 2. The van der Waals surface area contributed by atoms with Crippen molar-refractivity contribution in [2.75, 3.05) is 13.6 Å². The summed E-state index contributed by atoms with van der Waals surface area (Å²) < 4.78 is 28.9. The molecule has 1 atom stereocenters. The minimum absolute atomic E-state index is 0.0501. The van der Waals surface area contributed by atoms with Crippen molar-refractivity contribution in [3.8, 4) is 0 Å². The number of likely N-dealkylation sites (N-methyl/N-ethyl adjacent to an activating group) is 1. The first kappa shape index (κ1) is 22.2. The second-order valence-electron chi connectivity index (χ2n) is 7.47. The summed E-state index contributed by atoms with van der Waals surface area (Å²) >= 11 is 0. The van der Waals surface area contributed by atoms with E-state index in [1.54, 1.807) is 37.0 Å². The van der Waals surface area contributed by atoms with Gasteiger partial charge in [0.15, 0.2) is 0 Å². The van der Waals surface area contributed by atoms with E-state index >= 15 is 0 Å². The van der Waals surface area contributed by atoms with Crippen molar-refractivity contribution in [2.24, 2.45) is 7.05 Å². The minimum atomic E-state index is -0.800. The van der Waals surface area contributed by atoms with Crippen LogP contribution >= 0.6 is 0 Å². The molecule has 3 aromatic rings. The van der Waals surface area contributed by atoms with E-state index in [-0.39, 0.29) is 17.5 Å². The molecule has 0 aliphatic carbocycles. The van der Waals surface area contributed by atoms with Gasteiger partial charge in [0, 0.05) is 44.5 Å². The third-order valence-electron chi connectivity index (χ3n) is 5.23. The lowest BCUT2D eigenvalue weighted by molar-refractivity contribution is 0.0721. The first-order valence-electron chi connectivity index (χ1n) is 10.0. The van der Waals surface area contributed by atoms with E-state index < -0.39 is 17.5 Å². The van der Waals surface area contributed by atoms with Gasteiger partial charge in [0.2, 0.25) is 0 Å². The molecule has 1 N–H and O–H groups in total. The number of hydrogen-bond donors (Lipinski definition) is 1. The average molecular weight is 425 g/mol. The van der Waals surface area contributed by atoms with Crippen LogP contribution < -0.4 is 5.32 Å². The molecule has 0 spiro atoms. The maximum atomic E-state index is 13.6. The van der Waals surface area contributed by atoms with Gasteiger partial charge < -0.3 is 14.8 Å². The molecule has 1 aromatic heterocycles. The highest BCUT2D eigenvalue weighted by molar-refractivity contribution is 5.94. The second kappa shape index (κ2) is 10.0. The SMILES string of the molecule is CN(C(=O)c1cc(F)cc(F)c1)C(CCNC(=O)c1cccn1C)Cc1ccccc1. The predicted octanol–water partition coefficient (Wildman–Crippen LogP) is 3.81. The lowest BCUT2D eigenvalue weighted by Crippen LogP contribution is -2.41. The molecular formula is C24H25F2N3O2. The highest BCUT2D eigenvalue weighted by Crippen LogP contribution is 2.16. The van der Waals surface area contributed by atoms with E-state index in [4.69, 9.17) is 0 Å². The zero-order valence-corrected chi connectivity index (χ0v) is 17.5. The minimum Gasteiger partial charge on any atom is -0.351 e. The van der Waals surface area contributed by atoms with Crippen LogP contribution in [0.5, 0.6) is 0 Å². The van der Waals surface area contributed by atoms with Crippen LogP contribution in [-0.2, 0) is 13.5 Å². The van der Waals surface area contributed by atoms with E-state index in [0.29, 0.717) is 25.1 Å². The molecule has 1 unspecified atom stereocenters. The van der Waals surface area contributed by atoms with Crippen molar-refractivity contribution < 1.29 is 18.4 Å². The molecule has 162 valence electrons. The molecule has 31 heavy (non-hydrogen) atoms. The Balaban J connectivity index is 1.73. The second-order valence-corrected chi connectivity index (χ2v) is 7.47. The van der Waals surface area contributed by atoms with E-state index in [9.17, 15) is 18.4 Å². The molecule has 0 fully saturated rings. The predicted molar refractivity (Wildman–Crippen MR) is 115 cm³/mol. The summed E-state index contributed by atoms with van der Waals surface area (Å²) in [7, 11) is 3.40. The molecule has 0 saturated heterocycles. The van der Waals surface area contributed by atoms with Gasteiger partial charge in [0.05, 0.1) is 0 Å². The van der Waals surface area contributed by atoms with E-state index in [0.717, 1.165) is 23.8 Å². The summed E-state index contributed by atoms with van der Waals surface area (Å²) in [6.45, 7) is 0.344. The van der Waals surface area contributed by atoms with Crippen LogP contribution in [0.15, 0.2) is 66.9 Å². The third kappa shape index (κ3) is 5.78. The Kier molecular flexibility index (Phi) is 7.18. The summed E-state index contributed by atoms with van der Waals surface area (Å²) in [6, 6.07) is 15.7. The number of carbonyl (C=O) groups excluding carboxylic acids is 2. The van der Waals surface area contributed by atoms with E-state index in [1.165, 1.54) is 4.90 Å². The number of amides is 2. The zero-order chi connectivity index (χ0) is 22.4. The van der Waals surface area contributed by atoms with Crippen LogP contribution in [0.1, 0.15) is 32.8 Å². The van der Waals surface area contributed by atoms with Gasteiger partial charge in [-0.25, -0.2) is 8.78 Å². The molecule has 7 heteroatoms. The molecule has 2 amide bonds. The molecule has 0 bridgehead atoms. The standard InChI is InChI=1S/C24H25F2N3O2/c1-28-12-6-9-22(28)23(30)27-11-10-21(13-17-7-4-3-5-8-17)29(2)24(31)18-14-19(25)16-20(26)15-18/h3-9,12,14-16,21H,10-11,13H2,1-2H3,(H,27,30). The highest BCUT2D eigenvalue weighted by atomic mass is 19.1. The Morgan fingerprint density at radius 1 is 1.03 bits per heavy atom. The lowest BCUT2D eigenvalue weighted by atomic mass is 10.0. The monoisotopic (exact) mass is 425 g/mol. The Morgan fingerprint density at radius 3 is 2.32 bits per heavy atom. The van der Waals surface area contributed by atoms with Crippen LogP contribution in [0, 0.1) is 11.6 Å². The Morgan fingerprint density at radius 2 is 1.71 bits per heavy atom. The largest absolute Gasteiger partial charge is 0.351 e. The van der Waals surface area contributed by atoms with Crippen molar-refractivity contribution in [1.29, 1.82) is 0 Å². The van der Waals surface area contributed by atoms with Gasteiger partial charge >= 0.3 is 0 Å². The molecule has 0 radical (unpaired) electrons. The fraction of sp³-hybridized carbons (Fsp3) is 0.250. The van der Waals surface area contributed by atoms with Crippen molar-refractivity contribution in [1.82, 2.24) is 14.8 Å². The Bertz CT molecular complexity index is 1030. The first-order chi connectivity index (χ1) is 14.8. The highest BCUT2D eigenvalue weighted by Gasteiger charge is 2.23. The number of hydrogen-bond acceptors (Lipinski definition) is 2. The number of halogens is 2. The normalized spacial score (nSPS) is 11.7. The van der Waals surface area contributed by atoms with Crippen LogP contribution in [0.25, 0.3) is 0 Å². The number of rotatable bonds is 8. The molecule has 1 heterocycles. The zero-order valence-electron chi connectivity index (χ0n) is 17.5. The van der Waals surface area contributed by atoms with Gasteiger partial charge in [-0.1, -0.05) is 30.3 Å². The van der Waals surface area contributed by atoms with Crippen molar-refractivity contribution in [3.63, 3.8) is 0 Å². The molecule has 5 nitrogen and oxygen atoms in total. The van der Waals surface area contributed by atoms with Gasteiger partial charge in [0.25, 0.3) is 11.8 Å². The Hall–Kier alpha value is -3.48. The summed E-state index contributed by atoms with van der Waals surface area (Å²) in [5, 5.41) is 2.88. The van der Waals surface area contributed by atoms with Gasteiger partial charge in [-0.3, -0.25) is 9.59 Å².